The third-order valence-electron chi connectivity index (χ3n) is 0. The average molecular weight is 81.0 g/mol. The van der Waals surface area contributed by atoms with Crippen LogP contribution in [0.5, 0.6) is 0 Å². The summed E-state index contributed by atoms with van der Waals surface area (Å²) < 4.78 is 14.2. The lowest BCUT2D eigenvalue weighted by atomic mass is 11.8. The standard InChI is InChI=1S/CH4O.HOP/c2*1-2/h2H,1H3;2H/i;2D. The SMILES string of the molecule is CO.[2H]P=O. The smallest absolute Gasteiger partial charge is 0.140 e. The summed E-state index contributed by atoms with van der Waals surface area (Å²) in [7, 11) is 0.417. The molecule has 0 spiro atoms. The Morgan fingerprint density at radius 2 is 2.25 bits per heavy atom. The van der Waals surface area contributed by atoms with Crippen LogP contribution < -0.4 is 0 Å². The zero-order valence-corrected chi connectivity index (χ0v) is 3.20. The Morgan fingerprint density at radius 3 is 2.25 bits per heavy atom. The van der Waals surface area contributed by atoms with Crippen molar-refractivity contribution >= 4 is 9.06 Å². The van der Waals surface area contributed by atoms with E-state index in [0.717, 1.165) is 7.11 Å². The van der Waals surface area contributed by atoms with Gasteiger partial charge in [-0.2, -0.15) is 0 Å². The number of aliphatic hydroxyl groups is 1. The minimum atomic E-state index is -0.583. The van der Waals surface area contributed by atoms with E-state index in [1.54, 1.807) is 0 Å². The third kappa shape index (κ3) is 643. The molecule has 0 amide bonds. The van der Waals surface area contributed by atoms with Gasteiger partial charge in [-0.25, -0.2) is 0 Å². The Morgan fingerprint density at radius 1 is 2.25 bits per heavy atom. The van der Waals surface area contributed by atoms with Gasteiger partial charge in [-0.05, 0) is 0 Å². The molecule has 4 heavy (non-hydrogen) atoms. The molecule has 0 aliphatic carbocycles. The molecular formula is CH5O2P. The molecule has 0 heterocycles. The van der Waals surface area contributed by atoms with E-state index in [-0.39, 0.29) is 0 Å². The zero-order valence-electron chi connectivity index (χ0n) is 3.30. The van der Waals surface area contributed by atoms with Crippen LogP contribution in [0.15, 0.2) is 0 Å². The second kappa shape index (κ2) is 3610. The topological polar surface area (TPSA) is 37.3 Å². The van der Waals surface area contributed by atoms with Gasteiger partial charge in [-0.1, -0.05) is 0 Å². The second-order valence-corrected chi connectivity index (χ2v) is 0. The lowest BCUT2D eigenvalue weighted by molar-refractivity contribution is 0.399. The molecule has 26 valence electrons. The molecule has 0 aromatic rings. The largest absolute Gasteiger partial charge is 0.400 e. The molecule has 0 saturated heterocycles. The lowest BCUT2D eigenvalue weighted by Gasteiger charge is -1.21. The first kappa shape index (κ1) is 4.06. The molecule has 0 aliphatic rings. The predicted molar refractivity (Wildman–Crippen MR) is 17.1 cm³/mol. The van der Waals surface area contributed by atoms with Crippen LogP contribution in [-0.2, 0) is 4.57 Å². The van der Waals surface area contributed by atoms with Gasteiger partial charge < -0.3 is 5.11 Å². The van der Waals surface area contributed by atoms with E-state index in [1.807, 2.05) is 0 Å². The Bertz CT molecular complexity index is 17.1. The summed E-state index contributed by atoms with van der Waals surface area (Å²) in [6, 6.07) is 0. The van der Waals surface area contributed by atoms with Crippen molar-refractivity contribution in [3.63, 3.8) is 0 Å². The average Bonchev–Trinajstić information content (AvgIpc) is 1.46. The highest BCUT2D eigenvalue weighted by Gasteiger charge is 0.839. The van der Waals surface area contributed by atoms with Crippen LogP contribution in [0, 0.1) is 0 Å². The van der Waals surface area contributed by atoms with Gasteiger partial charge in [0.25, 0.3) is 0 Å². The fourth-order valence-corrected chi connectivity index (χ4v) is 0. The fourth-order valence-electron chi connectivity index (χ4n) is 0. The fraction of sp³-hybridized carbons (Fsp3) is 1.00. The predicted octanol–water partition coefficient (Wildman–Crippen LogP) is 0.0832. The van der Waals surface area contributed by atoms with E-state index in [9.17, 15) is 0 Å². The lowest BCUT2D eigenvalue weighted by Crippen LogP contribution is -1.25. The monoisotopic (exact) mass is 81.0 g/mol. The summed E-state index contributed by atoms with van der Waals surface area (Å²) >= 11 is 0. The van der Waals surface area contributed by atoms with Crippen LogP contribution >= 0.6 is 9.06 Å². The number of hydrogen-bond acceptors (Lipinski definition) is 2. The van der Waals surface area contributed by atoms with Crippen molar-refractivity contribution < 1.29 is 9.67 Å². The van der Waals surface area contributed by atoms with Crippen LogP contribution in [-0.4, -0.2) is 13.5 Å². The first-order valence-electron chi connectivity index (χ1n) is 1.08. The molecule has 0 atom stereocenters. The van der Waals surface area contributed by atoms with E-state index in [0.29, 0.717) is 0 Å². The Hall–Kier alpha value is 0.0600. The number of hydrogen-bond donors (Lipinski definition) is 1. The van der Waals surface area contributed by atoms with Crippen LogP contribution in [0.1, 0.15) is 0 Å². The molecule has 0 bridgehead atoms. The van der Waals surface area contributed by atoms with Gasteiger partial charge in [0, 0.05) is 7.11 Å². The maximum absolute atomic E-state index is 8.57. The van der Waals surface area contributed by atoms with Gasteiger partial charge in [0.15, 0.2) is 0 Å². The van der Waals surface area contributed by atoms with E-state index in [4.69, 9.17) is 11.0 Å². The van der Waals surface area contributed by atoms with Crippen molar-refractivity contribution in [1.29, 1.82) is 1.28 Å². The second-order valence-electron chi connectivity index (χ2n) is 0. The molecule has 0 unspecified atom stereocenters. The van der Waals surface area contributed by atoms with E-state index < -0.39 is 9.06 Å². The minimum absolute atomic E-state index is 0.583. The number of rotatable bonds is 0. The summed E-state index contributed by atoms with van der Waals surface area (Å²) in [5, 5.41) is 7.00. The molecule has 0 saturated carbocycles. The highest BCUT2D eigenvalue weighted by atomic mass is 31.0. The van der Waals surface area contributed by atoms with Gasteiger partial charge in [-0.3, -0.25) is 4.57 Å². The molecule has 1 N–H and O–H groups in total. The molecule has 0 aromatic heterocycles. The van der Waals surface area contributed by atoms with Gasteiger partial charge in [-0.15, -0.1) is 0 Å². The summed E-state index contributed by atoms with van der Waals surface area (Å²) in [6.07, 6.45) is 0. The Balaban J connectivity index is 0. The van der Waals surface area contributed by atoms with Gasteiger partial charge in [0.1, 0.15) is 10.3 Å². The van der Waals surface area contributed by atoms with Crippen molar-refractivity contribution in [2.45, 2.75) is 0 Å². The summed E-state index contributed by atoms with van der Waals surface area (Å²) in [5.74, 6) is 0. The molecule has 0 fully saturated rings. The van der Waals surface area contributed by atoms with Crippen LogP contribution in [0.3, 0.4) is 0 Å². The van der Waals surface area contributed by atoms with Crippen molar-refractivity contribution in [3.8, 4) is 0 Å². The molecular weight excluding hydrogens is 75.0 g/mol. The minimum Gasteiger partial charge on any atom is -0.400 e. The Kier molecular flexibility index (Phi) is 3660. The first-order chi connectivity index (χ1) is 2.41. The van der Waals surface area contributed by atoms with Gasteiger partial charge in [0.05, 0.1) is 0 Å². The molecule has 0 aliphatic heterocycles. The summed E-state index contributed by atoms with van der Waals surface area (Å²) in [4.78, 5) is 0. The summed E-state index contributed by atoms with van der Waals surface area (Å²) in [6.45, 7) is 0. The van der Waals surface area contributed by atoms with E-state index >= 15 is 0 Å². The first-order valence-corrected chi connectivity index (χ1v) is 0.995. The molecule has 3 heteroatoms. The number of aliphatic hydroxyl groups excluding tert-OH is 1. The van der Waals surface area contributed by atoms with Crippen LogP contribution in [0.25, 0.3) is 0 Å². The van der Waals surface area contributed by atoms with Crippen molar-refractivity contribution in [3.05, 3.63) is 0 Å². The van der Waals surface area contributed by atoms with Gasteiger partial charge in [0.2, 0.25) is 0 Å². The highest BCUT2D eigenvalue weighted by molar-refractivity contribution is 7.00. The van der Waals surface area contributed by atoms with Gasteiger partial charge >= 0.3 is 0 Å². The molecule has 0 aromatic carbocycles. The third-order valence-corrected chi connectivity index (χ3v) is 0. The van der Waals surface area contributed by atoms with Crippen LogP contribution in [0.2, 0.25) is 0 Å². The van der Waals surface area contributed by atoms with Crippen molar-refractivity contribution in [2.24, 2.45) is 0 Å². The van der Waals surface area contributed by atoms with Crippen molar-refractivity contribution in [2.75, 3.05) is 7.11 Å². The molecule has 0 radical (unpaired) electrons. The normalized spacial score (nSPS) is 7.00. The zero-order chi connectivity index (χ0) is 4.71. The maximum atomic E-state index is 8.57. The highest BCUT2D eigenvalue weighted by Crippen LogP contribution is 1.23. The maximum Gasteiger partial charge on any atom is 0.140 e. The van der Waals surface area contributed by atoms with E-state index in [1.165, 1.54) is 0 Å². The molecule has 0 rings (SSSR count). The van der Waals surface area contributed by atoms with Crippen LogP contribution in [0.4, 0.5) is 0 Å². The Labute approximate surface area is 28.4 Å². The van der Waals surface area contributed by atoms with Crippen molar-refractivity contribution in [1.82, 2.24) is 0 Å². The molecule has 2 nitrogen and oxygen atoms in total. The summed E-state index contributed by atoms with van der Waals surface area (Å²) in [5.41, 5.74) is 0. The van der Waals surface area contributed by atoms with E-state index in [2.05, 4.69) is 0 Å². The quantitative estimate of drug-likeness (QED) is 0.419.